The number of aliphatic hydroxyl groups excluding tert-OH is 1. The van der Waals surface area contributed by atoms with E-state index in [4.69, 9.17) is 16.3 Å². The molecule has 0 radical (unpaired) electrons. The number of rotatable bonds is 7. The zero-order valence-electron chi connectivity index (χ0n) is 26.2. The van der Waals surface area contributed by atoms with Crippen LogP contribution in [-0.2, 0) is 21.5 Å². The van der Waals surface area contributed by atoms with Gasteiger partial charge in [-0.3, -0.25) is 9.59 Å². The molecular weight excluding hydrogens is 644 g/mol. The van der Waals surface area contributed by atoms with Crippen molar-refractivity contribution in [2.24, 2.45) is 5.92 Å². The maximum absolute atomic E-state index is 15.3. The van der Waals surface area contributed by atoms with Crippen LogP contribution in [0.2, 0.25) is 5.02 Å². The summed E-state index contributed by atoms with van der Waals surface area (Å²) in [7, 11) is 0. The van der Waals surface area contributed by atoms with Gasteiger partial charge in [-0.05, 0) is 54.0 Å². The molecule has 1 saturated carbocycles. The molecule has 8 rings (SSSR count). The Balaban J connectivity index is 1.42. The average molecular weight is 675 g/mol. The van der Waals surface area contributed by atoms with Crippen LogP contribution in [0.4, 0.5) is 5.69 Å². The number of halogens is 1. The Morgan fingerprint density at radius 3 is 2.24 bits per heavy atom. The second-order valence-corrected chi connectivity index (χ2v) is 12.8. The maximum Gasteiger partial charge on any atom is 0.352 e. The third-order valence-electron chi connectivity index (χ3n) is 10.0. The first-order valence-corrected chi connectivity index (χ1v) is 16.5. The van der Waals surface area contributed by atoms with E-state index in [2.05, 4.69) is 0 Å². The van der Waals surface area contributed by atoms with Gasteiger partial charge in [0.1, 0.15) is 12.4 Å². The van der Waals surface area contributed by atoms with Crippen molar-refractivity contribution in [1.82, 2.24) is 13.9 Å². The molecule has 0 bridgehead atoms. The Kier molecular flexibility index (Phi) is 7.50. The van der Waals surface area contributed by atoms with E-state index in [9.17, 15) is 19.5 Å². The number of benzene rings is 4. The van der Waals surface area contributed by atoms with E-state index in [0.717, 1.165) is 10.1 Å². The largest absolute Gasteiger partial charge is 0.491 e. The van der Waals surface area contributed by atoms with Gasteiger partial charge in [-0.2, -0.15) is 0 Å². The molecule has 5 aromatic rings. The van der Waals surface area contributed by atoms with Gasteiger partial charge >= 0.3 is 11.4 Å². The van der Waals surface area contributed by atoms with Crippen molar-refractivity contribution in [3.63, 3.8) is 0 Å². The number of carbonyl (C=O) groups is 2. The summed E-state index contributed by atoms with van der Waals surface area (Å²) >= 11 is 6.39. The highest BCUT2D eigenvalue weighted by molar-refractivity contribution is 6.32. The Morgan fingerprint density at radius 2 is 1.51 bits per heavy atom. The molecule has 0 spiro atoms. The van der Waals surface area contributed by atoms with E-state index >= 15 is 4.79 Å². The van der Waals surface area contributed by atoms with Crippen molar-refractivity contribution in [3.8, 4) is 11.4 Å². The van der Waals surface area contributed by atoms with Crippen molar-refractivity contribution in [1.29, 1.82) is 0 Å². The minimum atomic E-state index is -1.46. The lowest BCUT2D eigenvalue weighted by Gasteiger charge is -2.49. The summed E-state index contributed by atoms with van der Waals surface area (Å²) in [6.07, 6.45) is 1.99. The van der Waals surface area contributed by atoms with Gasteiger partial charge in [-0.25, -0.2) is 28.4 Å². The van der Waals surface area contributed by atoms with Crippen LogP contribution in [0.1, 0.15) is 29.5 Å². The molecule has 1 aromatic heterocycles. The molecular formula is C38H31ClN4O6. The topological polar surface area (TPSA) is 116 Å². The third kappa shape index (κ3) is 4.51. The molecule has 4 aromatic carbocycles. The minimum Gasteiger partial charge on any atom is -0.491 e. The third-order valence-corrected chi connectivity index (χ3v) is 10.3. The van der Waals surface area contributed by atoms with Gasteiger partial charge < -0.3 is 9.84 Å². The first-order chi connectivity index (χ1) is 23.9. The summed E-state index contributed by atoms with van der Waals surface area (Å²) in [5, 5.41) is 10.1. The van der Waals surface area contributed by atoms with E-state index in [1.807, 2.05) is 48.5 Å². The number of ether oxygens (including phenoxy) is 1. The summed E-state index contributed by atoms with van der Waals surface area (Å²) in [5.41, 5.74) is 0.271. The standard InChI is InChI=1S/C38H31ClN4O6/c39-25-12-9-15-27(22-25)41-34(45)30-23-31-28(18-19-40-36(47)42(37(48)43(31)40)26-13-5-2-6-14-26)33(29-16-7-8-17-32(29)49-21-20-44)38(30,35(41)46)24-10-3-1-4-11-24/h1-18,22,30-31,33,44H,19-21,23H2/t30-,31+,33+,38+/m0/s1. The zero-order valence-corrected chi connectivity index (χ0v) is 26.9. The predicted octanol–water partition coefficient (Wildman–Crippen LogP) is 4.62. The van der Waals surface area contributed by atoms with Gasteiger partial charge in [0.15, 0.2) is 0 Å². The number of carbonyl (C=O) groups excluding carboxylic acids is 2. The number of para-hydroxylation sites is 2. The average Bonchev–Trinajstić information content (AvgIpc) is 3.52. The highest BCUT2D eigenvalue weighted by atomic mass is 35.5. The number of anilines is 1. The number of fused-ring (bicyclic) bond motifs is 4. The summed E-state index contributed by atoms with van der Waals surface area (Å²) in [4.78, 5) is 59.5. The number of amides is 2. The number of aliphatic hydroxyl groups is 1. The summed E-state index contributed by atoms with van der Waals surface area (Å²) in [6.45, 7) is -0.147. The van der Waals surface area contributed by atoms with Crippen LogP contribution in [0.15, 0.2) is 130 Å². The maximum atomic E-state index is 15.3. The first-order valence-electron chi connectivity index (χ1n) is 16.1. The van der Waals surface area contributed by atoms with Crippen molar-refractivity contribution in [2.75, 3.05) is 18.1 Å². The Labute approximate surface area is 285 Å². The highest BCUT2D eigenvalue weighted by Crippen LogP contribution is 2.63. The molecule has 4 atom stereocenters. The lowest BCUT2D eigenvalue weighted by Crippen LogP contribution is -2.53. The highest BCUT2D eigenvalue weighted by Gasteiger charge is 2.69. The van der Waals surface area contributed by atoms with Crippen LogP contribution in [-0.4, -0.2) is 44.1 Å². The molecule has 246 valence electrons. The van der Waals surface area contributed by atoms with Gasteiger partial charge in [0.05, 0.1) is 41.9 Å². The van der Waals surface area contributed by atoms with E-state index in [1.54, 1.807) is 66.7 Å². The van der Waals surface area contributed by atoms with Gasteiger partial charge in [0.25, 0.3) is 0 Å². The van der Waals surface area contributed by atoms with Crippen LogP contribution in [0.5, 0.6) is 5.75 Å². The summed E-state index contributed by atoms with van der Waals surface area (Å²) in [5.74, 6) is -2.16. The SMILES string of the molecule is O=C1[C@@H]2C[C@@H]3C(=CCn4c(=O)n(-c5ccccc5)c(=O)n43)[C@H](c3ccccc3OCCO)[C@]2(c2ccccc2)C(=O)N1c1cccc(Cl)c1. The van der Waals surface area contributed by atoms with Crippen LogP contribution in [0.3, 0.4) is 0 Å². The molecule has 2 aliphatic heterocycles. The fraction of sp³-hybridized carbons (Fsp3) is 0.211. The van der Waals surface area contributed by atoms with Gasteiger partial charge in [0.2, 0.25) is 11.8 Å². The normalized spacial score (nSPS) is 22.7. The van der Waals surface area contributed by atoms with Crippen molar-refractivity contribution >= 4 is 29.1 Å². The zero-order chi connectivity index (χ0) is 33.9. The first kappa shape index (κ1) is 30.9. The van der Waals surface area contributed by atoms with E-state index in [1.165, 1.54) is 14.3 Å². The quantitative estimate of drug-likeness (QED) is 0.199. The number of imide groups is 1. The van der Waals surface area contributed by atoms with Gasteiger partial charge in [0, 0.05) is 16.5 Å². The lowest BCUT2D eigenvalue weighted by molar-refractivity contribution is -0.124. The summed E-state index contributed by atoms with van der Waals surface area (Å²) in [6, 6.07) is 31.2. The van der Waals surface area contributed by atoms with Crippen LogP contribution in [0.25, 0.3) is 5.69 Å². The Bertz CT molecular complexity index is 2260. The lowest BCUT2D eigenvalue weighted by atomic mass is 9.53. The summed E-state index contributed by atoms with van der Waals surface area (Å²) < 4.78 is 10.1. The minimum absolute atomic E-state index is 0.00835. The fourth-order valence-corrected chi connectivity index (χ4v) is 8.34. The molecule has 11 heteroatoms. The fourth-order valence-electron chi connectivity index (χ4n) is 8.15. The molecule has 3 heterocycles. The van der Waals surface area contributed by atoms with E-state index < -0.39 is 46.5 Å². The van der Waals surface area contributed by atoms with Crippen LogP contribution < -0.4 is 21.0 Å². The second kappa shape index (κ2) is 11.9. The molecule has 0 unspecified atom stereocenters. The number of allylic oxidation sites excluding steroid dienone is 2. The number of hydrogen-bond donors (Lipinski definition) is 1. The molecule has 3 aliphatic rings. The molecule has 1 N–H and O–H groups in total. The molecule has 2 amide bonds. The van der Waals surface area contributed by atoms with Crippen molar-refractivity contribution in [2.45, 2.75) is 30.3 Å². The van der Waals surface area contributed by atoms with E-state index in [-0.39, 0.29) is 26.2 Å². The van der Waals surface area contributed by atoms with Crippen molar-refractivity contribution in [3.05, 3.63) is 158 Å². The van der Waals surface area contributed by atoms with Gasteiger partial charge in [-0.15, -0.1) is 0 Å². The number of hydrogen-bond acceptors (Lipinski definition) is 6. The molecule has 2 fully saturated rings. The molecule has 1 aliphatic carbocycles. The number of aromatic nitrogens is 3. The molecule has 10 nitrogen and oxygen atoms in total. The Morgan fingerprint density at radius 1 is 0.816 bits per heavy atom. The number of nitrogens with zero attached hydrogens (tertiary/aromatic N) is 4. The second-order valence-electron chi connectivity index (χ2n) is 12.4. The van der Waals surface area contributed by atoms with Crippen molar-refractivity contribution < 1.29 is 19.4 Å². The predicted molar refractivity (Wildman–Crippen MR) is 183 cm³/mol. The van der Waals surface area contributed by atoms with Crippen LogP contribution >= 0.6 is 11.6 Å². The molecule has 1 saturated heterocycles. The van der Waals surface area contributed by atoms with Crippen LogP contribution in [0, 0.1) is 5.92 Å². The van der Waals surface area contributed by atoms with Gasteiger partial charge in [-0.1, -0.05) is 90.5 Å². The monoisotopic (exact) mass is 674 g/mol. The Hall–Kier alpha value is -5.45. The molecule has 49 heavy (non-hydrogen) atoms. The smallest absolute Gasteiger partial charge is 0.352 e. The van der Waals surface area contributed by atoms with E-state index in [0.29, 0.717) is 33.3 Å².